The molecule has 1 atom stereocenters. The van der Waals surface area contributed by atoms with E-state index < -0.39 is 18.2 Å². The van der Waals surface area contributed by atoms with Crippen molar-refractivity contribution in [2.75, 3.05) is 18.0 Å². The molecule has 25 heavy (non-hydrogen) atoms. The number of amides is 2. The van der Waals surface area contributed by atoms with Crippen molar-refractivity contribution < 1.29 is 27.5 Å². The first-order valence-electron chi connectivity index (χ1n) is 7.47. The van der Waals surface area contributed by atoms with Crippen LogP contribution in [0.25, 0.3) is 0 Å². The number of halogens is 4. The monoisotopic (exact) mass is 381 g/mol. The number of benzene rings is 1. The lowest BCUT2D eigenvalue weighted by Crippen LogP contribution is -2.41. The molecule has 0 spiro atoms. The molecular formula is C15H19ClF3N3O3. The Morgan fingerprint density at radius 2 is 2.12 bits per heavy atom. The molecule has 1 unspecified atom stereocenters. The van der Waals surface area contributed by atoms with Crippen LogP contribution in [0.15, 0.2) is 24.3 Å². The minimum atomic E-state index is -4.80. The number of hydrogen-bond donors (Lipinski definition) is 2. The van der Waals surface area contributed by atoms with E-state index in [2.05, 4.69) is 10.1 Å². The number of hydrogen-bond acceptors (Lipinski definition) is 4. The van der Waals surface area contributed by atoms with Crippen molar-refractivity contribution in [3.05, 3.63) is 24.3 Å². The second kappa shape index (κ2) is 8.91. The quantitative estimate of drug-likeness (QED) is 0.789. The van der Waals surface area contributed by atoms with Crippen molar-refractivity contribution in [3.63, 3.8) is 0 Å². The van der Waals surface area contributed by atoms with Gasteiger partial charge in [-0.05, 0) is 31.5 Å². The molecule has 10 heteroatoms. The van der Waals surface area contributed by atoms with Crippen molar-refractivity contribution in [3.8, 4) is 5.75 Å². The van der Waals surface area contributed by atoms with E-state index in [4.69, 9.17) is 5.73 Å². The lowest BCUT2D eigenvalue weighted by atomic mass is 10.2. The summed E-state index contributed by atoms with van der Waals surface area (Å²) >= 11 is 0. The molecule has 140 valence electrons. The number of rotatable bonds is 6. The molecule has 1 aliphatic heterocycles. The Morgan fingerprint density at radius 1 is 1.40 bits per heavy atom. The van der Waals surface area contributed by atoms with E-state index in [1.165, 1.54) is 17.0 Å². The molecule has 1 aliphatic rings. The summed E-state index contributed by atoms with van der Waals surface area (Å²) in [5, 5.41) is 2.62. The number of carbonyl (C=O) groups is 2. The van der Waals surface area contributed by atoms with Gasteiger partial charge in [0.1, 0.15) is 11.8 Å². The molecule has 0 bridgehead atoms. The smallest absolute Gasteiger partial charge is 0.406 e. The second-order valence-corrected chi connectivity index (χ2v) is 5.34. The summed E-state index contributed by atoms with van der Waals surface area (Å²) in [5.41, 5.74) is 5.61. The SMILES string of the molecule is Cl.NCCCC(=O)NC1CCN(c2cccc(OC(F)(F)F)c2)C1=O. The van der Waals surface area contributed by atoms with Crippen molar-refractivity contribution in [2.24, 2.45) is 5.73 Å². The molecular weight excluding hydrogens is 363 g/mol. The zero-order valence-electron chi connectivity index (χ0n) is 13.2. The molecule has 1 aromatic rings. The van der Waals surface area contributed by atoms with Crippen LogP contribution >= 0.6 is 12.4 Å². The Labute approximate surface area is 148 Å². The molecule has 1 heterocycles. The van der Waals surface area contributed by atoms with E-state index >= 15 is 0 Å². The normalized spacial score (nSPS) is 17.2. The minimum Gasteiger partial charge on any atom is -0.406 e. The van der Waals surface area contributed by atoms with Crippen LogP contribution in [0.1, 0.15) is 19.3 Å². The predicted molar refractivity (Wildman–Crippen MR) is 87.6 cm³/mol. The highest BCUT2D eigenvalue weighted by atomic mass is 35.5. The first-order chi connectivity index (χ1) is 11.3. The van der Waals surface area contributed by atoms with Crippen LogP contribution in [0, 0.1) is 0 Å². The molecule has 0 aromatic heterocycles. The van der Waals surface area contributed by atoms with Gasteiger partial charge in [-0.1, -0.05) is 6.07 Å². The maximum Gasteiger partial charge on any atom is 0.573 e. The zero-order chi connectivity index (χ0) is 17.7. The Balaban J connectivity index is 0.00000312. The van der Waals surface area contributed by atoms with Crippen LogP contribution in [0.3, 0.4) is 0 Å². The third-order valence-corrected chi connectivity index (χ3v) is 3.51. The standard InChI is InChI=1S/C15H18F3N3O3.ClH/c16-15(17,18)24-11-4-1-3-10(9-11)21-8-6-12(14(21)23)20-13(22)5-2-7-19;/h1,3-4,9,12H,2,5-8,19H2,(H,20,22);1H. The largest absolute Gasteiger partial charge is 0.573 e. The summed E-state index contributed by atoms with van der Waals surface area (Å²) in [6, 6.07) is 4.51. The summed E-state index contributed by atoms with van der Waals surface area (Å²) in [6.45, 7) is 0.681. The number of carbonyl (C=O) groups excluding carboxylic acids is 2. The first-order valence-corrected chi connectivity index (χ1v) is 7.47. The highest BCUT2D eigenvalue weighted by Gasteiger charge is 2.34. The zero-order valence-corrected chi connectivity index (χ0v) is 14.0. The van der Waals surface area contributed by atoms with E-state index in [0.717, 1.165) is 12.1 Å². The molecule has 6 nitrogen and oxygen atoms in total. The lowest BCUT2D eigenvalue weighted by molar-refractivity contribution is -0.274. The number of ether oxygens (including phenoxy) is 1. The Morgan fingerprint density at radius 3 is 2.76 bits per heavy atom. The summed E-state index contributed by atoms with van der Waals surface area (Å²) in [6.07, 6.45) is -3.66. The number of nitrogens with one attached hydrogen (secondary N) is 1. The van der Waals surface area contributed by atoms with E-state index in [1.807, 2.05) is 0 Å². The lowest BCUT2D eigenvalue weighted by Gasteiger charge is -2.18. The third kappa shape index (κ3) is 6.09. The average molecular weight is 382 g/mol. The van der Waals surface area contributed by atoms with E-state index in [9.17, 15) is 22.8 Å². The molecule has 0 aliphatic carbocycles. The van der Waals surface area contributed by atoms with Gasteiger partial charge in [-0.3, -0.25) is 9.59 Å². The summed E-state index contributed by atoms with van der Waals surface area (Å²) in [4.78, 5) is 25.3. The van der Waals surface area contributed by atoms with Gasteiger partial charge in [0, 0.05) is 24.7 Å². The van der Waals surface area contributed by atoms with Gasteiger partial charge in [-0.25, -0.2) is 0 Å². The summed E-state index contributed by atoms with van der Waals surface area (Å²) < 4.78 is 40.7. The molecule has 2 amide bonds. The van der Waals surface area contributed by atoms with Gasteiger partial charge in [0.2, 0.25) is 11.8 Å². The fourth-order valence-electron chi connectivity index (χ4n) is 2.45. The van der Waals surface area contributed by atoms with Gasteiger partial charge in [0.25, 0.3) is 0 Å². The number of alkyl halides is 3. The Hall–Kier alpha value is -2.00. The fraction of sp³-hybridized carbons (Fsp3) is 0.467. The van der Waals surface area contributed by atoms with Crippen molar-refractivity contribution >= 4 is 29.9 Å². The van der Waals surface area contributed by atoms with Crippen molar-refractivity contribution in [2.45, 2.75) is 31.7 Å². The topological polar surface area (TPSA) is 84.7 Å². The average Bonchev–Trinajstić information content (AvgIpc) is 2.85. The van der Waals surface area contributed by atoms with Crippen LogP contribution in [-0.4, -0.2) is 37.3 Å². The fourth-order valence-corrected chi connectivity index (χ4v) is 2.45. The van der Waals surface area contributed by atoms with E-state index in [0.29, 0.717) is 31.6 Å². The number of nitrogens with zero attached hydrogens (tertiary/aromatic N) is 1. The third-order valence-electron chi connectivity index (χ3n) is 3.51. The summed E-state index contributed by atoms with van der Waals surface area (Å²) in [5.74, 6) is -1.03. The molecule has 1 aromatic carbocycles. The van der Waals surface area contributed by atoms with Crippen LogP contribution < -0.4 is 20.7 Å². The van der Waals surface area contributed by atoms with Gasteiger partial charge in [-0.15, -0.1) is 25.6 Å². The van der Waals surface area contributed by atoms with E-state index in [-0.39, 0.29) is 30.6 Å². The van der Waals surface area contributed by atoms with Crippen molar-refractivity contribution in [1.29, 1.82) is 0 Å². The second-order valence-electron chi connectivity index (χ2n) is 5.34. The molecule has 2 rings (SSSR count). The van der Waals surface area contributed by atoms with Crippen LogP contribution in [0.4, 0.5) is 18.9 Å². The van der Waals surface area contributed by atoms with Crippen LogP contribution in [0.5, 0.6) is 5.75 Å². The molecule has 3 N–H and O–H groups in total. The maximum atomic E-state index is 12.3. The maximum absolute atomic E-state index is 12.3. The first kappa shape index (κ1) is 21.0. The van der Waals surface area contributed by atoms with Gasteiger partial charge in [0.15, 0.2) is 0 Å². The summed E-state index contributed by atoms with van der Waals surface area (Å²) in [7, 11) is 0. The van der Waals surface area contributed by atoms with Gasteiger partial charge in [0.05, 0.1) is 0 Å². The Kier molecular flexibility index (Phi) is 7.50. The molecule has 0 saturated carbocycles. The highest BCUT2D eigenvalue weighted by Crippen LogP contribution is 2.29. The van der Waals surface area contributed by atoms with Crippen LogP contribution in [-0.2, 0) is 9.59 Å². The molecule has 1 saturated heterocycles. The molecule has 1 fully saturated rings. The van der Waals surface area contributed by atoms with Gasteiger partial charge >= 0.3 is 6.36 Å². The predicted octanol–water partition coefficient (Wildman–Crippen LogP) is 1.97. The minimum absolute atomic E-state index is 0. The highest BCUT2D eigenvalue weighted by molar-refractivity contribution is 6.01. The van der Waals surface area contributed by atoms with Gasteiger partial charge in [-0.2, -0.15) is 0 Å². The van der Waals surface area contributed by atoms with Gasteiger partial charge < -0.3 is 20.7 Å². The number of nitrogens with two attached hydrogens (primary N) is 1. The van der Waals surface area contributed by atoms with Crippen molar-refractivity contribution in [1.82, 2.24) is 5.32 Å². The van der Waals surface area contributed by atoms with Crippen LogP contribution in [0.2, 0.25) is 0 Å². The Bertz CT molecular complexity index is 613. The van der Waals surface area contributed by atoms with E-state index in [1.54, 1.807) is 0 Å². The number of anilines is 1. The molecule has 0 radical (unpaired) electrons.